The molecular weight excluding hydrogens is 801 g/mol. The van der Waals surface area contributed by atoms with Gasteiger partial charge in [0, 0.05) is 61.4 Å². The summed E-state index contributed by atoms with van der Waals surface area (Å²) in [5.74, 6) is 5.68. The second kappa shape index (κ2) is 14.1. The van der Waals surface area contributed by atoms with Crippen LogP contribution in [0.25, 0.3) is 47.8 Å². The zero-order chi connectivity index (χ0) is 41.9. The first-order valence-corrected chi connectivity index (χ1v) is 23.9. The van der Waals surface area contributed by atoms with E-state index >= 15 is 0 Å². The van der Waals surface area contributed by atoms with Gasteiger partial charge >= 0.3 is 0 Å². The van der Waals surface area contributed by atoms with Crippen molar-refractivity contribution in [3.05, 3.63) is 193 Å². The number of thiophene rings is 1. The Hall–Kier alpha value is -6.89. The molecule has 5 nitrogen and oxygen atoms in total. The van der Waals surface area contributed by atoms with Crippen molar-refractivity contribution >= 4 is 76.1 Å². The van der Waals surface area contributed by atoms with E-state index in [1.165, 1.54) is 86.5 Å². The summed E-state index contributed by atoms with van der Waals surface area (Å²) in [5.41, 5.74) is 9.81. The maximum absolute atomic E-state index is 7.21. The minimum Gasteiger partial charge on any atom is -0.456 e. The lowest BCUT2D eigenvalue weighted by Crippen LogP contribution is -2.56. The molecular formula is C58H46N4OS. The SMILES string of the molecule is c1ccc(N2CN(c3cc(Oc4ccc5c6ccccc6n(-c6cc(C7(c8ccccc8)C8CC9CC(C8)CC7C9)ccn6)c5c4)c4sc5ccccc5c4c3)c3ccccc32)cc1. The first-order chi connectivity index (χ1) is 31.7. The summed E-state index contributed by atoms with van der Waals surface area (Å²) in [6, 6.07) is 64.5. The molecule has 0 spiro atoms. The van der Waals surface area contributed by atoms with Crippen LogP contribution in [-0.2, 0) is 5.41 Å². The smallest absolute Gasteiger partial charge is 0.147 e. The summed E-state index contributed by atoms with van der Waals surface area (Å²) in [7, 11) is 0. The van der Waals surface area contributed by atoms with Crippen LogP contribution in [0, 0.1) is 23.7 Å². The topological polar surface area (TPSA) is 33.5 Å². The number of nitrogens with zero attached hydrogens (tertiary/aromatic N) is 4. The monoisotopic (exact) mass is 846 g/mol. The molecule has 5 aliphatic rings. The minimum atomic E-state index is -0.00593. The van der Waals surface area contributed by atoms with E-state index in [4.69, 9.17) is 9.72 Å². The molecule has 0 N–H and O–H groups in total. The van der Waals surface area contributed by atoms with Crippen LogP contribution in [-0.4, -0.2) is 16.2 Å². The van der Waals surface area contributed by atoms with E-state index in [1.807, 2.05) is 0 Å². The molecule has 310 valence electrons. The number of aromatic nitrogens is 2. The molecule has 4 saturated carbocycles. The fraction of sp³-hybridized carbons (Fsp3) is 0.190. The highest BCUT2D eigenvalue weighted by Crippen LogP contribution is 2.65. The number of benzene rings is 7. The van der Waals surface area contributed by atoms with Crippen molar-refractivity contribution in [2.45, 2.75) is 37.5 Å². The highest BCUT2D eigenvalue weighted by atomic mass is 32.1. The summed E-state index contributed by atoms with van der Waals surface area (Å²) in [6.45, 7) is 0.697. The standard InChI is InChI=1S/C58H46N4OS/c1-3-13-39(14-4-1)58(41-28-37-27-38(30-41)31-42(58)29-37)40-25-26-59-56(32-40)62-50-19-9-7-17-46(50)47-24-23-45(35-53(47)62)63-54-34-44(33-49-48-18-8-12-22-55(48)64-57(49)54)61-36-60(43-15-5-2-6-16-43)51-20-10-11-21-52(51)61/h1-26,32-35,37-38,41-42H,27-31,36H2. The normalized spacial score (nSPS) is 22.3. The third-order valence-corrected chi connectivity index (χ3v) is 16.8. The van der Waals surface area contributed by atoms with Gasteiger partial charge in [0.15, 0.2) is 0 Å². The second-order valence-corrected chi connectivity index (χ2v) is 19.9. The van der Waals surface area contributed by atoms with Gasteiger partial charge in [-0.2, -0.15) is 0 Å². The number of pyridine rings is 1. The number of hydrogen-bond acceptors (Lipinski definition) is 5. The first-order valence-electron chi connectivity index (χ1n) is 23.1. The Morgan fingerprint density at radius 2 is 1.17 bits per heavy atom. The van der Waals surface area contributed by atoms with E-state index in [0.29, 0.717) is 18.5 Å². The molecule has 0 atom stereocenters. The van der Waals surface area contributed by atoms with E-state index in [2.05, 4.69) is 196 Å². The Bertz CT molecular complexity index is 3420. The number of para-hydroxylation sites is 4. The molecule has 0 radical (unpaired) electrons. The number of rotatable bonds is 7. The number of fused-ring (bicyclic) bond motifs is 7. The highest BCUT2D eigenvalue weighted by Gasteiger charge is 2.58. The minimum absolute atomic E-state index is 0.00593. The molecule has 0 saturated heterocycles. The molecule has 0 unspecified atom stereocenters. The van der Waals surface area contributed by atoms with Crippen molar-refractivity contribution in [2.24, 2.45) is 23.7 Å². The van der Waals surface area contributed by atoms with Crippen LogP contribution in [0.15, 0.2) is 182 Å². The quantitative estimate of drug-likeness (QED) is 0.160. The van der Waals surface area contributed by atoms with Gasteiger partial charge in [-0.1, -0.05) is 97.1 Å². The van der Waals surface area contributed by atoms with Gasteiger partial charge in [-0.15, -0.1) is 11.3 Å². The third-order valence-electron chi connectivity index (χ3n) is 15.6. The molecule has 15 rings (SSSR count). The average Bonchev–Trinajstić information content (AvgIpc) is 4.02. The van der Waals surface area contributed by atoms with Crippen molar-refractivity contribution in [2.75, 3.05) is 16.5 Å². The first kappa shape index (κ1) is 36.6. The van der Waals surface area contributed by atoms with Crippen molar-refractivity contribution < 1.29 is 4.74 Å². The van der Waals surface area contributed by atoms with Gasteiger partial charge in [0.05, 0.1) is 27.1 Å². The predicted octanol–water partition coefficient (Wildman–Crippen LogP) is 15.3. The molecule has 4 heterocycles. The van der Waals surface area contributed by atoms with Crippen molar-refractivity contribution in [1.82, 2.24) is 9.55 Å². The van der Waals surface area contributed by atoms with Gasteiger partial charge in [0.1, 0.15) is 24.0 Å². The Kier molecular flexibility index (Phi) is 8.03. The Labute approximate surface area is 376 Å². The van der Waals surface area contributed by atoms with E-state index in [0.717, 1.165) is 50.6 Å². The molecule has 10 aromatic rings. The van der Waals surface area contributed by atoms with Gasteiger partial charge in [-0.05, 0) is 134 Å². The molecule has 4 aliphatic carbocycles. The summed E-state index contributed by atoms with van der Waals surface area (Å²) in [5, 5.41) is 4.86. The van der Waals surface area contributed by atoms with Crippen LogP contribution in [0.1, 0.15) is 43.2 Å². The summed E-state index contributed by atoms with van der Waals surface area (Å²) in [6.07, 6.45) is 8.85. The lowest BCUT2D eigenvalue weighted by molar-refractivity contribution is -0.0418. The molecule has 4 bridgehead atoms. The van der Waals surface area contributed by atoms with E-state index in [1.54, 1.807) is 11.3 Å². The van der Waals surface area contributed by atoms with E-state index < -0.39 is 0 Å². The molecule has 3 aromatic heterocycles. The van der Waals surface area contributed by atoms with Crippen molar-refractivity contribution in [3.63, 3.8) is 0 Å². The second-order valence-electron chi connectivity index (χ2n) is 18.8. The highest BCUT2D eigenvalue weighted by molar-refractivity contribution is 7.26. The number of anilines is 4. The fourth-order valence-corrected chi connectivity index (χ4v) is 14.3. The maximum Gasteiger partial charge on any atom is 0.147 e. The van der Waals surface area contributed by atoms with Crippen LogP contribution in [0.5, 0.6) is 11.5 Å². The van der Waals surface area contributed by atoms with Crippen LogP contribution in [0.2, 0.25) is 0 Å². The summed E-state index contributed by atoms with van der Waals surface area (Å²) < 4.78 is 12.0. The zero-order valence-electron chi connectivity index (χ0n) is 35.5. The number of ether oxygens (including phenoxy) is 1. The van der Waals surface area contributed by atoms with E-state index in [-0.39, 0.29) is 5.41 Å². The molecule has 6 heteroatoms. The van der Waals surface area contributed by atoms with Crippen molar-refractivity contribution in [3.8, 4) is 17.3 Å². The molecule has 4 fully saturated rings. The van der Waals surface area contributed by atoms with Gasteiger partial charge in [-0.3, -0.25) is 4.57 Å². The maximum atomic E-state index is 7.21. The predicted molar refractivity (Wildman–Crippen MR) is 264 cm³/mol. The largest absolute Gasteiger partial charge is 0.456 e. The summed E-state index contributed by atoms with van der Waals surface area (Å²) >= 11 is 1.80. The average molecular weight is 847 g/mol. The van der Waals surface area contributed by atoms with Gasteiger partial charge in [-0.25, -0.2) is 4.98 Å². The Morgan fingerprint density at radius 1 is 0.516 bits per heavy atom. The number of hydrogen-bond donors (Lipinski definition) is 0. The summed E-state index contributed by atoms with van der Waals surface area (Å²) in [4.78, 5) is 10.0. The van der Waals surface area contributed by atoms with Gasteiger partial charge < -0.3 is 14.5 Å². The molecule has 7 aromatic carbocycles. The van der Waals surface area contributed by atoms with Crippen LogP contribution < -0.4 is 14.5 Å². The van der Waals surface area contributed by atoms with Crippen LogP contribution in [0.3, 0.4) is 0 Å². The van der Waals surface area contributed by atoms with Crippen molar-refractivity contribution in [1.29, 1.82) is 0 Å². The van der Waals surface area contributed by atoms with Gasteiger partial charge in [0.25, 0.3) is 0 Å². The van der Waals surface area contributed by atoms with Crippen LogP contribution >= 0.6 is 11.3 Å². The Morgan fingerprint density at radius 3 is 1.95 bits per heavy atom. The lowest BCUT2D eigenvalue weighted by Gasteiger charge is -2.62. The van der Waals surface area contributed by atoms with E-state index in [9.17, 15) is 0 Å². The third kappa shape index (κ3) is 5.38. The van der Waals surface area contributed by atoms with Crippen LogP contribution in [0.4, 0.5) is 22.7 Å². The molecule has 64 heavy (non-hydrogen) atoms. The van der Waals surface area contributed by atoms with Gasteiger partial charge in [0.2, 0.25) is 0 Å². The zero-order valence-corrected chi connectivity index (χ0v) is 36.3. The lowest BCUT2D eigenvalue weighted by atomic mass is 9.42. The Balaban J connectivity index is 0.913. The fourth-order valence-electron chi connectivity index (χ4n) is 13.2. The molecule has 0 amide bonds. The molecule has 1 aliphatic heterocycles.